The minimum absolute atomic E-state index is 0.0356. The Hall–Kier alpha value is -1.91. The number of aromatic amines is 1. The number of sulfonamides is 1. The number of hydrogen-bond donors (Lipinski definition) is 1. The first kappa shape index (κ1) is 16.9. The van der Waals surface area contributed by atoms with Crippen LogP contribution in [0.2, 0.25) is 0 Å². The first-order valence-electron chi connectivity index (χ1n) is 7.21. The highest BCUT2D eigenvalue weighted by Crippen LogP contribution is 2.36. The molecule has 0 bridgehead atoms. The van der Waals surface area contributed by atoms with Gasteiger partial charge >= 0.3 is 0 Å². The zero-order chi connectivity index (χ0) is 17.5. The molecule has 0 aliphatic carbocycles. The number of rotatable bonds is 4. The van der Waals surface area contributed by atoms with E-state index in [0.717, 1.165) is 16.4 Å². The Labute approximate surface area is 137 Å². The summed E-state index contributed by atoms with van der Waals surface area (Å²) in [5.74, 6) is -1.15. The standard InChI is InChI=1S/C14H16F2N4O3S/c1-8-17-14(19-18-8)12-6-10(23-2)7-20(12)24(21,22)13-4-3-9(15)5-11(13)16/h3-5,10,12H,6-7H2,1-2H3,(H,17,18,19)/t10-,12-/m0/s1. The van der Waals surface area contributed by atoms with Crippen LogP contribution >= 0.6 is 0 Å². The van der Waals surface area contributed by atoms with E-state index in [-0.39, 0.29) is 18.5 Å². The highest BCUT2D eigenvalue weighted by Gasteiger charge is 2.44. The van der Waals surface area contributed by atoms with E-state index in [1.54, 1.807) is 6.92 Å². The van der Waals surface area contributed by atoms with Gasteiger partial charge in [0.1, 0.15) is 22.4 Å². The van der Waals surface area contributed by atoms with E-state index in [0.29, 0.717) is 18.3 Å². The summed E-state index contributed by atoms with van der Waals surface area (Å²) in [7, 11) is -2.73. The molecule has 3 rings (SSSR count). The molecular weight excluding hydrogens is 342 g/mol. The molecule has 2 atom stereocenters. The maximum absolute atomic E-state index is 14.0. The van der Waals surface area contributed by atoms with Crippen molar-refractivity contribution in [1.29, 1.82) is 0 Å². The molecule has 0 radical (unpaired) electrons. The summed E-state index contributed by atoms with van der Waals surface area (Å²) in [5.41, 5.74) is 0. The van der Waals surface area contributed by atoms with Gasteiger partial charge in [0.05, 0.1) is 12.1 Å². The Morgan fingerprint density at radius 3 is 2.71 bits per heavy atom. The fourth-order valence-electron chi connectivity index (χ4n) is 2.76. The number of hydrogen-bond acceptors (Lipinski definition) is 5. The van der Waals surface area contributed by atoms with E-state index < -0.39 is 32.6 Å². The average Bonchev–Trinajstić information content (AvgIpc) is 3.12. The van der Waals surface area contributed by atoms with Gasteiger partial charge in [-0.2, -0.15) is 9.40 Å². The van der Waals surface area contributed by atoms with Crippen molar-refractivity contribution in [3.63, 3.8) is 0 Å². The molecule has 7 nitrogen and oxygen atoms in total. The maximum Gasteiger partial charge on any atom is 0.246 e. The van der Waals surface area contributed by atoms with E-state index in [2.05, 4.69) is 15.2 Å². The molecule has 1 aliphatic rings. The van der Waals surface area contributed by atoms with Gasteiger partial charge in [-0.1, -0.05) is 0 Å². The van der Waals surface area contributed by atoms with Gasteiger partial charge in [0.2, 0.25) is 10.0 Å². The van der Waals surface area contributed by atoms with Crippen molar-refractivity contribution in [2.24, 2.45) is 0 Å². The van der Waals surface area contributed by atoms with E-state index in [9.17, 15) is 17.2 Å². The van der Waals surface area contributed by atoms with Crippen LogP contribution in [0.4, 0.5) is 8.78 Å². The van der Waals surface area contributed by atoms with Gasteiger partial charge in [-0.15, -0.1) is 0 Å². The molecule has 1 saturated heterocycles. The summed E-state index contributed by atoms with van der Waals surface area (Å²) in [6.07, 6.45) is -0.0253. The predicted molar refractivity (Wildman–Crippen MR) is 79.5 cm³/mol. The molecule has 10 heteroatoms. The van der Waals surface area contributed by atoms with Crippen LogP contribution in [0, 0.1) is 18.6 Å². The molecule has 0 unspecified atom stereocenters. The molecule has 1 aromatic carbocycles. The molecule has 130 valence electrons. The highest BCUT2D eigenvalue weighted by atomic mass is 32.2. The average molecular weight is 358 g/mol. The van der Waals surface area contributed by atoms with E-state index >= 15 is 0 Å². The molecule has 0 saturated carbocycles. The summed E-state index contributed by atoms with van der Waals surface area (Å²) >= 11 is 0. The van der Waals surface area contributed by atoms with Crippen LogP contribution in [0.5, 0.6) is 0 Å². The minimum Gasteiger partial charge on any atom is -0.380 e. The number of ether oxygens (including phenoxy) is 1. The van der Waals surface area contributed by atoms with Crippen LogP contribution in [-0.4, -0.2) is 47.7 Å². The minimum atomic E-state index is -4.20. The zero-order valence-corrected chi connectivity index (χ0v) is 13.8. The van der Waals surface area contributed by atoms with Crippen molar-refractivity contribution < 1.29 is 21.9 Å². The molecule has 1 aliphatic heterocycles. The quantitative estimate of drug-likeness (QED) is 0.896. The first-order valence-corrected chi connectivity index (χ1v) is 8.65. The van der Waals surface area contributed by atoms with Gasteiger partial charge in [-0.3, -0.25) is 5.10 Å². The lowest BCUT2D eigenvalue weighted by Crippen LogP contribution is -2.33. The molecule has 1 N–H and O–H groups in total. The number of aromatic nitrogens is 3. The van der Waals surface area contributed by atoms with E-state index in [1.807, 2.05) is 0 Å². The summed E-state index contributed by atoms with van der Waals surface area (Å²) in [6, 6.07) is 1.68. The second kappa shape index (κ2) is 6.19. The Morgan fingerprint density at radius 2 is 2.12 bits per heavy atom. The highest BCUT2D eigenvalue weighted by molar-refractivity contribution is 7.89. The fraction of sp³-hybridized carbons (Fsp3) is 0.429. The van der Waals surface area contributed by atoms with Crippen LogP contribution < -0.4 is 0 Å². The van der Waals surface area contributed by atoms with Crippen molar-refractivity contribution in [3.8, 4) is 0 Å². The Bertz CT molecular complexity index is 855. The van der Waals surface area contributed by atoms with Crippen LogP contribution in [0.15, 0.2) is 23.1 Å². The number of halogens is 2. The second-order valence-electron chi connectivity index (χ2n) is 5.54. The van der Waals surface area contributed by atoms with E-state index in [4.69, 9.17) is 4.74 Å². The molecule has 1 fully saturated rings. The first-order chi connectivity index (χ1) is 11.3. The number of methoxy groups -OCH3 is 1. The molecule has 2 heterocycles. The Morgan fingerprint density at radius 1 is 1.38 bits per heavy atom. The molecule has 0 amide bonds. The van der Waals surface area contributed by atoms with Crippen molar-refractivity contribution in [3.05, 3.63) is 41.5 Å². The molecule has 24 heavy (non-hydrogen) atoms. The van der Waals surface area contributed by atoms with Crippen LogP contribution in [0.25, 0.3) is 0 Å². The Balaban J connectivity index is 2.03. The number of benzene rings is 1. The van der Waals surface area contributed by atoms with Gasteiger partial charge < -0.3 is 4.74 Å². The lowest BCUT2D eigenvalue weighted by atomic mass is 10.2. The largest absolute Gasteiger partial charge is 0.380 e. The fourth-order valence-corrected chi connectivity index (χ4v) is 4.44. The summed E-state index contributed by atoms with van der Waals surface area (Å²) < 4.78 is 59.2. The zero-order valence-electron chi connectivity index (χ0n) is 13.0. The third kappa shape index (κ3) is 2.92. The molecule has 0 spiro atoms. The van der Waals surface area contributed by atoms with Gasteiger partial charge in [0.15, 0.2) is 5.82 Å². The van der Waals surface area contributed by atoms with Gasteiger partial charge in [0, 0.05) is 19.7 Å². The predicted octanol–water partition coefficient (Wildman–Crippen LogP) is 1.54. The maximum atomic E-state index is 14.0. The summed E-state index contributed by atoms with van der Waals surface area (Å²) in [5, 5.41) is 6.67. The lowest BCUT2D eigenvalue weighted by molar-refractivity contribution is 0.114. The third-order valence-corrected chi connectivity index (χ3v) is 5.85. The van der Waals surface area contributed by atoms with Crippen molar-refractivity contribution >= 4 is 10.0 Å². The van der Waals surface area contributed by atoms with Crippen LogP contribution in [0.1, 0.15) is 24.1 Å². The van der Waals surface area contributed by atoms with Crippen molar-refractivity contribution in [2.75, 3.05) is 13.7 Å². The molecular formula is C14H16F2N4O3S. The number of nitrogens with zero attached hydrogens (tertiary/aromatic N) is 3. The van der Waals surface area contributed by atoms with Crippen LogP contribution in [0.3, 0.4) is 0 Å². The topological polar surface area (TPSA) is 88.2 Å². The smallest absolute Gasteiger partial charge is 0.246 e. The van der Waals surface area contributed by atoms with Gasteiger partial charge in [-0.05, 0) is 25.5 Å². The summed E-state index contributed by atoms with van der Waals surface area (Å²) in [4.78, 5) is 3.59. The SMILES string of the molecule is CO[C@H]1C[C@@H](c2n[nH]c(C)n2)N(S(=O)(=O)c2ccc(F)cc2F)C1. The van der Waals surface area contributed by atoms with Gasteiger partial charge in [-0.25, -0.2) is 22.2 Å². The van der Waals surface area contributed by atoms with Crippen molar-refractivity contribution in [2.45, 2.75) is 30.4 Å². The van der Waals surface area contributed by atoms with Gasteiger partial charge in [0.25, 0.3) is 0 Å². The molecule has 2 aromatic rings. The Kier molecular flexibility index (Phi) is 4.37. The number of H-pyrrole nitrogens is 1. The number of nitrogens with one attached hydrogen (secondary N) is 1. The van der Waals surface area contributed by atoms with E-state index in [1.165, 1.54) is 7.11 Å². The van der Waals surface area contributed by atoms with Crippen molar-refractivity contribution in [1.82, 2.24) is 19.5 Å². The molecule has 1 aromatic heterocycles. The lowest BCUT2D eigenvalue weighted by Gasteiger charge is -2.22. The third-order valence-electron chi connectivity index (χ3n) is 3.94. The monoisotopic (exact) mass is 358 g/mol. The summed E-state index contributed by atoms with van der Waals surface area (Å²) in [6.45, 7) is 1.73. The second-order valence-corrected chi connectivity index (χ2v) is 7.40. The number of aryl methyl sites for hydroxylation is 1. The van der Waals surface area contributed by atoms with Crippen LogP contribution in [-0.2, 0) is 14.8 Å². The normalized spacial score (nSPS) is 22.2.